The van der Waals surface area contributed by atoms with E-state index >= 15 is 0 Å². The molecular weight excluding hydrogens is 913 g/mol. The summed E-state index contributed by atoms with van der Waals surface area (Å²) in [5.74, 6) is -2.44. The summed E-state index contributed by atoms with van der Waals surface area (Å²) in [5, 5.41) is 0. The fourth-order valence-corrected chi connectivity index (χ4v) is 11.6. The maximum Gasteiger partial charge on any atom is 0.335 e. The van der Waals surface area contributed by atoms with Crippen LogP contribution in [0.3, 0.4) is 0 Å². The Kier molecular flexibility index (Phi) is 11.5. The van der Waals surface area contributed by atoms with Crippen LogP contribution in [-0.2, 0) is 64.6 Å². The molecule has 0 N–H and O–H groups in total. The van der Waals surface area contributed by atoms with E-state index in [0.717, 1.165) is 89.0 Å². The number of benzene rings is 6. The van der Waals surface area contributed by atoms with Crippen molar-refractivity contribution >= 4 is 23.9 Å². The second-order valence-corrected chi connectivity index (χ2v) is 19.1. The van der Waals surface area contributed by atoms with Crippen molar-refractivity contribution in [3.8, 4) is 23.0 Å². The largest absolute Gasteiger partial charge is 0.489 e. The molecule has 16 aliphatic heterocycles. The van der Waals surface area contributed by atoms with Crippen LogP contribution in [0.1, 0.15) is 113 Å². The Morgan fingerprint density at radius 1 is 0.333 bits per heavy atom. The molecule has 0 saturated heterocycles. The van der Waals surface area contributed by atoms with E-state index < -0.39 is 47.5 Å². The first-order valence-electron chi connectivity index (χ1n) is 23.9. The monoisotopic (exact) mass is 964 g/mol. The minimum absolute atomic E-state index is 0.251. The van der Waals surface area contributed by atoms with Crippen molar-refractivity contribution in [2.45, 2.75) is 77.8 Å². The summed E-state index contributed by atoms with van der Waals surface area (Å²) >= 11 is 0. The molecule has 72 heavy (non-hydrogen) atoms. The van der Waals surface area contributed by atoms with E-state index in [1.807, 2.05) is 100 Å². The number of aryl methyl sites for hydroxylation is 4. The molecule has 0 radical (unpaired) electrons. The Hall–Kier alpha value is -8.12. The van der Waals surface area contributed by atoms with Gasteiger partial charge in [-0.25, -0.2) is 19.2 Å². The quantitative estimate of drug-likeness (QED) is 0.123. The highest BCUT2D eigenvalue weighted by Crippen LogP contribution is 2.59. The van der Waals surface area contributed by atoms with E-state index in [0.29, 0.717) is 23.0 Å². The van der Waals surface area contributed by atoms with Crippen LogP contribution < -0.4 is 18.9 Å². The fraction of sp³-hybridized carbons (Fsp3) is 0.267. The van der Waals surface area contributed by atoms with E-state index in [-0.39, 0.29) is 48.7 Å². The molecule has 16 heterocycles. The summed E-state index contributed by atoms with van der Waals surface area (Å²) in [6.07, 6.45) is 0. The van der Waals surface area contributed by atoms with Crippen molar-refractivity contribution in [2.24, 2.45) is 0 Å². The first kappa shape index (κ1) is 46.3. The van der Waals surface area contributed by atoms with Gasteiger partial charge in [-0.3, -0.25) is 0 Å². The zero-order valence-electron chi connectivity index (χ0n) is 41.3. The minimum atomic E-state index is -0.624. The number of ether oxygens (including phenoxy) is 8. The van der Waals surface area contributed by atoms with Gasteiger partial charge < -0.3 is 37.9 Å². The summed E-state index contributed by atoms with van der Waals surface area (Å²) in [6, 6.07) is 31.8. The highest BCUT2D eigenvalue weighted by molar-refractivity contribution is 6.07. The fourth-order valence-electron chi connectivity index (χ4n) is 11.6. The van der Waals surface area contributed by atoms with Crippen LogP contribution in [0.2, 0.25) is 0 Å². The van der Waals surface area contributed by atoms with Gasteiger partial charge in [-0.05, 0) is 165 Å². The molecule has 0 amide bonds. The van der Waals surface area contributed by atoms with Gasteiger partial charge in [0.1, 0.15) is 49.4 Å². The smallest absolute Gasteiger partial charge is 0.335 e. The Labute approximate surface area is 417 Å². The molecule has 6 aliphatic carbocycles. The van der Waals surface area contributed by atoms with Crippen molar-refractivity contribution in [1.82, 2.24) is 0 Å². The Morgan fingerprint density at radius 2 is 0.542 bits per heavy atom. The Morgan fingerprint density at radius 3 is 0.736 bits per heavy atom. The van der Waals surface area contributed by atoms with E-state index in [1.165, 1.54) is 28.4 Å². The summed E-state index contributed by atoms with van der Waals surface area (Å²) in [6.45, 7) is 9.26. The van der Waals surface area contributed by atoms with E-state index in [4.69, 9.17) is 37.9 Å². The lowest BCUT2D eigenvalue weighted by molar-refractivity contribution is -0.140. The number of rotatable bonds is 4. The summed E-state index contributed by atoms with van der Waals surface area (Å²) in [7, 11) is 5.28. The molecule has 0 aromatic heterocycles. The zero-order chi connectivity index (χ0) is 50.3. The number of esters is 4. The van der Waals surface area contributed by atoms with Crippen LogP contribution in [0.4, 0.5) is 0 Å². The topological polar surface area (TPSA) is 142 Å². The number of methoxy groups -OCH3 is 4. The molecule has 12 nitrogen and oxygen atoms in total. The highest BCUT2D eigenvalue weighted by Gasteiger charge is 2.50. The lowest BCUT2D eigenvalue weighted by Gasteiger charge is -2.42. The molecule has 0 unspecified atom stereocenters. The van der Waals surface area contributed by atoms with Crippen LogP contribution in [0.25, 0.3) is 0 Å². The van der Waals surface area contributed by atoms with Crippen LogP contribution in [0, 0.1) is 27.7 Å². The van der Waals surface area contributed by atoms with Crippen molar-refractivity contribution in [2.75, 3.05) is 28.4 Å². The lowest BCUT2D eigenvalue weighted by Crippen LogP contribution is -2.35. The second kappa shape index (κ2) is 17.9. The van der Waals surface area contributed by atoms with Crippen molar-refractivity contribution in [3.05, 3.63) is 208 Å². The van der Waals surface area contributed by atoms with E-state index in [1.54, 1.807) is 0 Å². The molecule has 364 valence electrons. The van der Waals surface area contributed by atoms with E-state index in [2.05, 4.69) is 24.3 Å². The van der Waals surface area contributed by atoms with Crippen molar-refractivity contribution in [1.29, 1.82) is 0 Å². The van der Waals surface area contributed by atoms with Crippen molar-refractivity contribution < 1.29 is 57.1 Å². The van der Waals surface area contributed by atoms with Gasteiger partial charge in [0.2, 0.25) is 0 Å². The molecular formula is C60H52O12. The first-order chi connectivity index (χ1) is 34.8. The summed E-state index contributed by atoms with van der Waals surface area (Å²) in [5.41, 5.74) is 15.9. The number of carbonyl (C=O) groups is 4. The number of hydrogen-bond donors (Lipinski definition) is 0. The lowest BCUT2D eigenvalue weighted by atomic mass is 9.61. The molecule has 4 atom stereocenters. The number of hydrogen-bond acceptors (Lipinski definition) is 12. The molecule has 0 spiro atoms. The summed E-state index contributed by atoms with van der Waals surface area (Å²) in [4.78, 5) is 54.8. The third-order valence-corrected chi connectivity index (χ3v) is 15.2. The average Bonchev–Trinajstić information content (AvgIpc) is 3.40. The Balaban J connectivity index is 0.995. The Bertz CT molecular complexity index is 2960. The number of carbonyl (C=O) groups excluding carboxylic acids is 4. The predicted molar refractivity (Wildman–Crippen MR) is 264 cm³/mol. The van der Waals surface area contributed by atoms with Crippen LogP contribution in [-0.4, -0.2) is 52.3 Å². The van der Waals surface area contributed by atoms with Gasteiger partial charge in [-0.2, -0.15) is 0 Å². The van der Waals surface area contributed by atoms with Gasteiger partial charge >= 0.3 is 23.9 Å². The maximum absolute atomic E-state index is 13.7. The molecule has 6 aromatic carbocycles. The molecule has 0 saturated carbocycles. The molecule has 28 rings (SSSR count). The van der Waals surface area contributed by atoms with Crippen molar-refractivity contribution in [3.63, 3.8) is 0 Å². The molecule has 12 heteroatoms. The van der Waals surface area contributed by atoms with Gasteiger partial charge in [0, 0.05) is 23.7 Å². The van der Waals surface area contributed by atoms with Crippen LogP contribution >= 0.6 is 0 Å². The van der Waals surface area contributed by atoms with Crippen LogP contribution in [0.5, 0.6) is 23.0 Å². The van der Waals surface area contributed by atoms with Gasteiger partial charge in [-0.1, -0.05) is 48.5 Å². The predicted octanol–water partition coefficient (Wildman–Crippen LogP) is 10.0. The van der Waals surface area contributed by atoms with E-state index in [9.17, 15) is 19.2 Å². The van der Waals surface area contributed by atoms with Gasteiger partial charge in [0.05, 0.1) is 50.7 Å². The molecule has 22 aliphatic rings. The third-order valence-electron chi connectivity index (χ3n) is 15.2. The molecule has 20 bridgehead atoms. The average molecular weight is 965 g/mol. The minimum Gasteiger partial charge on any atom is -0.489 e. The molecule has 0 fully saturated rings. The summed E-state index contributed by atoms with van der Waals surface area (Å²) < 4.78 is 47.4. The van der Waals surface area contributed by atoms with Crippen LogP contribution in [0.15, 0.2) is 119 Å². The normalized spacial score (nSPS) is 18.9. The first-order valence-corrected chi connectivity index (χ1v) is 23.9. The van der Waals surface area contributed by atoms with Gasteiger partial charge in [0.15, 0.2) is 0 Å². The SMILES string of the molecule is COC(=O)C1=C(C(=O)OC)[C@@H]2c3ccc4cc3[C@H]1c1ccc(cc12)OCc1cc(C)c(cc1C)COc1ccc2c(c1)[C@@H]1C(C(=O)OC)=C(C(=O)OC)[C@H]2c2cc(ccc21)OCc1cc(C)c(cc1C)CO4. The highest BCUT2D eigenvalue weighted by atomic mass is 16.5. The standard InChI is InChI=1S/C60H52O12/c1-29-17-34-26-70-38-10-14-42-46(22-38)51-44-16-12-40(24-48(44)52(42)56(60(64)68-8)55(51)59(63)67-7)72-28-36-20-31(3)35(19-32(36)4)27-71-39-11-15-43-47(23-39)50-41-13-9-37(69-25-33(29)18-30(34)2)21-45(41)49(43)53(57(61)65-5)54(50)58(62)66-6/h9-24,49-52H,25-28H2,1-8H3/t49-,50-,51-,52-/m1/s1. The second-order valence-electron chi connectivity index (χ2n) is 19.1. The molecule has 6 aromatic rings. The zero-order valence-corrected chi connectivity index (χ0v) is 41.3. The third kappa shape index (κ3) is 7.41. The van der Waals surface area contributed by atoms with Gasteiger partial charge in [-0.15, -0.1) is 0 Å². The maximum atomic E-state index is 13.7. The van der Waals surface area contributed by atoms with Gasteiger partial charge in [0.25, 0.3) is 0 Å².